The predicted octanol–water partition coefficient (Wildman–Crippen LogP) is -0.910. The van der Waals surface area contributed by atoms with Crippen molar-refractivity contribution in [1.82, 2.24) is 10.6 Å². The van der Waals surface area contributed by atoms with Crippen LogP contribution >= 0.6 is 0 Å². The molecule has 18 heavy (non-hydrogen) atoms. The molecule has 9 heteroatoms. The van der Waals surface area contributed by atoms with E-state index in [4.69, 9.17) is 10.2 Å². The Bertz CT molecular complexity index is 339. The number of carboxylic acids is 1. The molecule has 0 aromatic heterocycles. The Morgan fingerprint density at radius 2 is 2.06 bits per heavy atom. The summed E-state index contributed by atoms with van der Waals surface area (Å²) < 4.78 is 38.6. The maximum absolute atomic E-state index is 12.9. The second-order valence-corrected chi connectivity index (χ2v) is 4.07. The number of carbonyl (C=O) groups excluding carboxylic acids is 1. The molecule has 2 atom stereocenters. The second-order valence-electron chi connectivity index (χ2n) is 4.07. The summed E-state index contributed by atoms with van der Waals surface area (Å²) >= 11 is 0. The number of carboxylic acid groups (broad SMARTS) is 1. The molecule has 4 N–H and O–H groups in total. The molecule has 1 amide bonds. The van der Waals surface area contributed by atoms with Gasteiger partial charge in [-0.05, 0) is 13.0 Å². The highest BCUT2D eigenvalue weighted by molar-refractivity contribution is 5.85. The summed E-state index contributed by atoms with van der Waals surface area (Å²) in [6.07, 6.45) is -7.06. The summed E-state index contributed by atoms with van der Waals surface area (Å²) in [7, 11) is 0. The minimum atomic E-state index is -4.73. The molecule has 0 aromatic rings. The summed E-state index contributed by atoms with van der Waals surface area (Å²) in [5.74, 6) is -2.93. The number of halogens is 3. The lowest BCUT2D eigenvalue weighted by Gasteiger charge is -2.29. The summed E-state index contributed by atoms with van der Waals surface area (Å²) in [4.78, 5) is 21.8. The van der Waals surface area contributed by atoms with Gasteiger partial charge in [-0.15, -0.1) is 0 Å². The maximum atomic E-state index is 12.9. The molecule has 1 fully saturated rings. The molecule has 6 nitrogen and oxygen atoms in total. The monoisotopic (exact) mass is 270 g/mol. The molecule has 0 saturated carbocycles. The van der Waals surface area contributed by atoms with E-state index in [2.05, 4.69) is 5.32 Å². The molecule has 1 heterocycles. The van der Waals surface area contributed by atoms with Gasteiger partial charge in [0.15, 0.2) is 11.5 Å². The van der Waals surface area contributed by atoms with Crippen molar-refractivity contribution in [3.63, 3.8) is 0 Å². The van der Waals surface area contributed by atoms with Crippen molar-refractivity contribution >= 4 is 11.9 Å². The van der Waals surface area contributed by atoms with E-state index in [0.717, 1.165) is 0 Å². The largest absolute Gasteiger partial charge is 0.479 e. The zero-order valence-electron chi connectivity index (χ0n) is 9.25. The van der Waals surface area contributed by atoms with Crippen LogP contribution in [0.15, 0.2) is 0 Å². The molecule has 2 unspecified atom stereocenters. The topological polar surface area (TPSA) is 98.7 Å². The minimum absolute atomic E-state index is 0.0500. The van der Waals surface area contributed by atoms with Crippen LogP contribution in [0.2, 0.25) is 0 Å². The highest BCUT2D eigenvalue weighted by Gasteiger charge is 2.61. The van der Waals surface area contributed by atoms with Gasteiger partial charge in [0, 0.05) is 6.54 Å². The lowest BCUT2D eigenvalue weighted by Crippen LogP contribution is -2.53. The van der Waals surface area contributed by atoms with E-state index in [9.17, 15) is 22.8 Å². The van der Waals surface area contributed by atoms with Crippen molar-refractivity contribution in [2.75, 3.05) is 19.6 Å². The normalized spacial score (nSPS) is 25.8. The molecule has 1 aliphatic heterocycles. The number of alkyl halides is 3. The summed E-state index contributed by atoms with van der Waals surface area (Å²) in [5, 5.41) is 21.5. The molecule has 0 spiro atoms. The van der Waals surface area contributed by atoms with Crippen molar-refractivity contribution in [1.29, 1.82) is 0 Å². The first-order valence-electron chi connectivity index (χ1n) is 5.17. The fourth-order valence-electron chi connectivity index (χ4n) is 1.70. The van der Waals surface area contributed by atoms with Crippen molar-refractivity contribution < 1.29 is 33.0 Å². The minimum Gasteiger partial charge on any atom is -0.479 e. The zero-order chi connectivity index (χ0) is 14.0. The van der Waals surface area contributed by atoms with Crippen LogP contribution in [0.25, 0.3) is 0 Å². The van der Waals surface area contributed by atoms with Gasteiger partial charge in [-0.2, -0.15) is 13.2 Å². The van der Waals surface area contributed by atoms with Crippen molar-refractivity contribution in [2.45, 2.75) is 18.7 Å². The average Bonchev–Trinajstić information content (AvgIpc) is 2.74. The Morgan fingerprint density at radius 3 is 2.44 bits per heavy atom. The third-order valence-corrected chi connectivity index (χ3v) is 2.87. The number of aliphatic hydroxyl groups is 1. The predicted molar refractivity (Wildman–Crippen MR) is 52.6 cm³/mol. The average molecular weight is 270 g/mol. The van der Waals surface area contributed by atoms with Crippen molar-refractivity contribution in [3.05, 3.63) is 0 Å². The van der Waals surface area contributed by atoms with Crippen LogP contribution < -0.4 is 10.6 Å². The van der Waals surface area contributed by atoms with Crippen LogP contribution in [0, 0.1) is 5.41 Å². The Kier molecular flexibility index (Phi) is 4.17. The Balaban J connectivity index is 2.71. The van der Waals surface area contributed by atoms with Crippen molar-refractivity contribution in [2.24, 2.45) is 5.41 Å². The lowest BCUT2D eigenvalue weighted by molar-refractivity contribution is -0.216. The van der Waals surface area contributed by atoms with E-state index in [1.807, 2.05) is 5.32 Å². The third kappa shape index (κ3) is 2.72. The SMILES string of the molecule is O=C(O)C(O)CNC(=O)C1(C(F)(F)F)CCNC1. The van der Waals surface area contributed by atoms with Gasteiger partial charge in [0.05, 0.1) is 6.54 Å². The number of amides is 1. The Hall–Kier alpha value is -1.35. The molecular formula is C9H13F3N2O4. The van der Waals surface area contributed by atoms with E-state index >= 15 is 0 Å². The fraction of sp³-hybridized carbons (Fsp3) is 0.778. The maximum Gasteiger partial charge on any atom is 0.404 e. The molecule has 1 rings (SSSR count). The molecule has 0 aliphatic carbocycles. The summed E-state index contributed by atoms with van der Waals surface area (Å²) in [6, 6.07) is 0. The third-order valence-electron chi connectivity index (χ3n) is 2.87. The number of aliphatic carboxylic acids is 1. The van der Waals surface area contributed by atoms with Gasteiger partial charge in [0.25, 0.3) is 0 Å². The second kappa shape index (κ2) is 5.11. The van der Waals surface area contributed by atoms with Crippen LogP contribution in [0.1, 0.15) is 6.42 Å². The van der Waals surface area contributed by atoms with E-state index in [1.165, 1.54) is 0 Å². The van der Waals surface area contributed by atoms with Gasteiger partial charge in [0.2, 0.25) is 5.91 Å². The van der Waals surface area contributed by atoms with E-state index in [-0.39, 0.29) is 6.54 Å². The van der Waals surface area contributed by atoms with Crippen LogP contribution in [0.5, 0.6) is 0 Å². The van der Waals surface area contributed by atoms with E-state index in [1.54, 1.807) is 0 Å². The lowest BCUT2D eigenvalue weighted by atomic mass is 9.85. The van der Waals surface area contributed by atoms with Crippen molar-refractivity contribution in [3.8, 4) is 0 Å². The molecule has 0 aromatic carbocycles. The first-order chi connectivity index (χ1) is 8.21. The van der Waals surface area contributed by atoms with E-state index in [0.29, 0.717) is 0 Å². The van der Waals surface area contributed by atoms with Gasteiger partial charge >= 0.3 is 12.1 Å². The quantitative estimate of drug-likeness (QED) is 0.530. The van der Waals surface area contributed by atoms with Crippen LogP contribution in [0.3, 0.4) is 0 Å². The highest BCUT2D eigenvalue weighted by Crippen LogP contribution is 2.43. The number of rotatable bonds is 4. The van der Waals surface area contributed by atoms with E-state index < -0.39 is 49.1 Å². The number of hydrogen-bond donors (Lipinski definition) is 4. The highest BCUT2D eigenvalue weighted by atomic mass is 19.4. The Labute approximate surface area is 100 Å². The molecule has 1 saturated heterocycles. The molecule has 1 aliphatic rings. The number of nitrogens with one attached hydrogen (secondary N) is 2. The first-order valence-corrected chi connectivity index (χ1v) is 5.17. The molecule has 0 radical (unpaired) electrons. The molecule has 104 valence electrons. The van der Waals surface area contributed by atoms with Gasteiger partial charge in [-0.25, -0.2) is 4.79 Å². The van der Waals surface area contributed by atoms with Gasteiger partial charge in [-0.3, -0.25) is 4.79 Å². The van der Waals surface area contributed by atoms with Gasteiger partial charge in [0.1, 0.15) is 0 Å². The van der Waals surface area contributed by atoms with Crippen LogP contribution in [-0.4, -0.2) is 54.0 Å². The summed E-state index contributed by atoms with van der Waals surface area (Å²) in [6.45, 7) is -1.26. The summed E-state index contributed by atoms with van der Waals surface area (Å²) in [5.41, 5.74) is -2.55. The smallest absolute Gasteiger partial charge is 0.404 e. The molecule has 0 bridgehead atoms. The molecular weight excluding hydrogens is 257 g/mol. The van der Waals surface area contributed by atoms with Gasteiger partial charge in [-0.1, -0.05) is 0 Å². The number of hydrogen-bond acceptors (Lipinski definition) is 4. The first kappa shape index (κ1) is 14.7. The fourth-order valence-corrected chi connectivity index (χ4v) is 1.70. The standard InChI is InChI=1S/C9H13F3N2O4/c10-9(11,12)8(1-2-13-4-8)7(18)14-3-5(15)6(16)17/h5,13,15H,1-4H2,(H,14,18)(H,16,17). The zero-order valence-corrected chi connectivity index (χ0v) is 9.25. The number of aliphatic hydroxyl groups excluding tert-OH is 1. The van der Waals surface area contributed by atoms with Crippen LogP contribution in [-0.2, 0) is 9.59 Å². The Morgan fingerprint density at radius 1 is 1.44 bits per heavy atom. The number of carbonyl (C=O) groups is 2. The van der Waals surface area contributed by atoms with Crippen LogP contribution in [0.4, 0.5) is 13.2 Å². The van der Waals surface area contributed by atoms with Gasteiger partial charge < -0.3 is 20.8 Å².